The summed E-state index contributed by atoms with van der Waals surface area (Å²) in [5, 5.41) is 0. The number of hydrogen-bond donors (Lipinski definition) is 0. The average Bonchev–Trinajstić information content (AvgIpc) is 2.37. The summed E-state index contributed by atoms with van der Waals surface area (Å²) in [7, 11) is 3.38. The average molecular weight is 248 g/mol. The third kappa shape index (κ3) is 2.23. The highest BCUT2D eigenvalue weighted by atomic mass is 16.5. The van der Waals surface area contributed by atoms with Crippen LogP contribution in [-0.4, -0.2) is 20.3 Å². The van der Waals surface area contributed by atoms with Crippen LogP contribution >= 0.6 is 0 Å². The third-order valence-electron chi connectivity index (χ3n) is 3.30. The zero-order valence-corrected chi connectivity index (χ0v) is 11.2. The summed E-state index contributed by atoms with van der Waals surface area (Å²) in [4.78, 5) is 0. The van der Waals surface area contributed by atoms with Crippen molar-refractivity contribution in [1.29, 1.82) is 0 Å². The quantitative estimate of drug-likeness (QED) is 0.765. The minimum Gasteiger partial charge on any atom is -0.496 e. The van der Waals surface area contributed by atoms with Crippen molar-refractivity contribution in [1.82, 2.24) is 0 Å². The van der Waals surface area contributed by atoms with Gasteiger partial charge in [0.15, 0.2) is 0 Å². The minimum absolute atomic E-state index is 0.00583. The van der Waals surface area contributed by atoms with Gasteiger partial charge >= 0.3 is 0 Å². The second-order valence-corrected chi connectivity index (χ2v) is 4.53. The van der Waals surface area contributed by atoms with Crippen molar-refractivity contribution >= 4 is 0 Å². The lowest BCUT2D eigenvalue weighted by Gasteiger charge is -2.32. The number of ether oxygens (including phenoxy) is 3. The SMILES string of the molecule is C=CC[C@@H]1O[C@@H](C)Cc2c(OC)ccc(OC)c21. The topological polar surface area (TPSA) is 27.7 Å². The Balaban J connectivity index is 2.54. The number of fused-ring (bicyclic) bond motifs is 1. The molecule has 3 heteroatoms. The van der Waals surface area contributed by atoms with Gasteiger partial charge in [-0.15, -0.1) is 6.58 Å². The Morgan fingerprint density at radius 3 is 2.61 bits per heavy atom. The van der Waals surface area contributed by atoms with Gasteiger partial charge in [0.25, 0.3) is 0 Å². The Morgan fingerprint density at radius 2 is 2.00 bits per heavy atom. The standard InChI is InChI=1S/C15H20O3/c1-5-6-14-15-11(9-10(2)18-14)12(16-3)7-8-13(15)17-4/h5,7-8,10,14H,1,6,9H2,2-4H3/t10-,14-/m0/s1. The van der Waals surface area contributed by atoms with Crippen LogP contribution in [0.2, 0.25) is 0 Å². The molecule has 0 N–H and O–H groups in total. The van der Waals surface area contributed by atoms with Crippen LogP contribution in [-0.2, 0) is 11.2 Å². The van der Waals surface area contributed by atoms with Crippen LogP contribution in [0.3, 0.4) is 0 Å². The lowest BCUT2D eigenvalue weighted by atomic mass is 9.91. The molecule has 0 aromatic heterocycles. The molecule has 0 saturated heterocycles. The van der Waals surface area contributed by atoms with Gasteiger partial charge in [-0.3, -0.25) is 0 Å². The van der Waals surface area contributed by atoms with Crippen molar-refractivity contribution in [2.24, 2.45) is 0 Å². The number of hydrogen-bond acceptors (Lipinski definition) is 3. The van der Waals surface area contributed by atoms with Crippen molar-refractivity contribution in [3.63, 3.8) is 0 Å². The molecular weight excluding hydrogens is 228 g/mol. The van der Waals surface area contributed by atoms with Crippen molar-refractivity contribution in [2.45, 2.75) is 32.0 Å². The highest BCUT2D eigenvalue weighted by molar-refractivity contribution is 5.51. The molecule has 18 heavy (non-hydrogen) atoms. The van der Waals surface area contributed by atoms with Crippen LogP contribution in [0.4, 0.5) is 0 Å². The van der Waals surface area contributed by atoms with E-state index in [2.05, 4.69) is 13.5 Å². The van der Waals surface area contributed by atoms with Crippen molar-refractivity contribution in [3.05, 3.63) is 35.9 Å². The van der Waals surface area contributed by atoms with Gasteiger partial charge in [0.1, 0.15) is 11.5 Å². The summed E-state index contributed by atoms with van der Waals surface area (Å²) >= 11 is 0. The lowest BCUT2D eigenvalue weighted by molar-refractivity contribution is -0.0155. The molecule has 3 nitrogen and oxygen atoms in total. The van der Waals surface area contributed by atoms with Gasteiger partial charge < -0.3 is 14.2 Å². The number of rotatable bonds is 4. The molecule has 1 aromatic carbocycles. The first kappa shape index (κ1) is 13.0. The van der Waals surface area contributed by atoms with Gasteiger partial charge in [0.2, 0.25) is 0 Å². The zero-order valence-electron chi connectivity index (χ0n) is 11.2. The molecule has 0 amide bonds. The van der Waals surface area contributed by atoms with E-state index in [1.54, 1.807) is 14.2 Å². The van der Waals surface area contributed by atoms with E-state index in [0.29, 0.717) is 0 Å². The molecule has 2 atom stereocenters. The molecule has 1 aromatic rings. The first-order valence-corrected chi connectivity index (χ1v) is 6.21. The second kappa shape index (κ2) is 5.44. The van der Waals surface area contributed by atoms with E-state index >= 15 is 0 Å². The molecule has 0 unspecified atom stereocenters. The van der Waals surface area contributed by atoms with E-state index in [9.17, 15) is 0 Å². The number of methoxy groups -OCH3 is 2. The van der Waals surface area contributed by atoms with Gasteiger partial charge in [-0.1, -0.05) is 6.08 Å². The molecule has 1 heterocycles. The summed E-state index contributed by atoms with van der Waals surface area (Å²) in [6.07, 6.45) is 3.70. The Labute approximate surface area is 108 Å². The summed E-state index contributed by atoms with van der Waals surface area (Å²) in [5.74, 6) is 1.78. The predicted molar refractivity (Wildman–Crippen MR) is 71.4 cm³/mol. The molecule has 0 spiro atoms. The Morgan fingerprint density at radius 1 is 1.33 bits per heavy atom. The molecule has 0 bridgehead atoms. The zero-order chi connectivity index (χ0) is 13.1. The minimum atomic E-state index is 0.00583. The molecule has 98 valence electrons. The van der Waals surface area contributed by atoms with Gasteiger partial charge in [0.05, 0.1) is 26.4 Å². The molecule has 0 aliphatic carbocycles. The van der Waals surface area contributed by atoms with Gasteiger partial charge in [-0.05, 0) is 25.5 Å². The molecule has 1 aliphatic heterocycles. The number of benzene rings is 1. The van der Waals surface area contributed by atoms with Crippen molar-refractivity contribution in [2.75, 3.05) is 14.2 Å². The van der Waals surface area contributed by atoms with Crippen LogP contribution in [0, 0.1) is 0 Å². The highest BCUT2D eigenvalue weighted by Gasteiger charge is 2.29. The highest BCUT2D eigenvalue weighted by Crippen LogP contribution is 2.42. The molecule has 1 aliphatic rings. The van der Waals surface area contributed by atoms with Crippen LogP contribution < -0.4 is 9.47 Å². The smallest absolute Gasteiger partial charge is 0.125 e. The predicted octanol–water partition coefficient (Wildman–Crippen LogP) is 3.28. The van der Waals surface area contributed by atoms with Crippen LogP contribution in [0.15, 0.2) is 24.8 Å². The molecule has 0 fully saturated rings. The molecule has 2 rings (SSSR count). The first-order chi connectivity index (χ1) is 8.71. The van der Waals surface area contributed by atoms with Crippen LogP contribution in [0.25, 0.3) is 0 Å². The van der Waals surface area contributed by atoms with Crippen molar-refractivity contribution < 1.29 is 14.2 Å². The van der Waals surface area contributed by atoms with Crippen LogP contribution in [0.1, 0.15) is 30.6 Å². The van der Waals surface area contributed by atoms with E-state index in [0.717, 1.165) is 29.9 Å². The van der Waals surface area contributed by atoms with E-state index in [4.69, 9.17) is 14.2 Å². The van der Waals surface area contributed by atoms with Crippen molar-refractivity contribution in [3.8, 4) is 11.5 Å². The second-order valence-electron chi connectivity index (χ2n) is 4.53. The maximum atomic E-state index is 5.99. The van der Waals surface area contributed by atoms with E-state index in [1.807, 2.05) is 18.2 Å². The molecule has 0 radical (unpaired) electrons. The molecular formula is C15H20O3. The Hall–Kier alpha value is -1.48. The van der Waals surface area contributed by atoms with Crippen LogP contribution in [0.5, 0.6) is 11.5 Å². The lowest BCUT2D eigenvalue weighted by Crippen LogP contribution is -2.24. The van der Waals surface area contributed by atoms with Gasteiger partial charge in [0, 0.05) is 17.5 Å². The largest absolute Gasteiger partial charge is 0.496 e. The third-order valence-corrected chi connectivity index (χ3v) is 3.30. The molecule has 0 saturated carbocycles. The Kier molecular flexibility index (Phi) is 3.92. The Bertz CT molecular complexity index is 440. The first-order valence-electron chi connectivity index (χ1n) is 6.21. The maximum Gasteiger partial charge on any atom is 0.125 e. The fourth-order valence-corrected chi connectivity index (χ4v) is 2.56. The summed E-state index contributed by atoms with van der Waals surface area (Å²) in [6.45, 7) is 5.88. The van der Waals surface area contributed by atoms with E-state index < -0.39 is 0 Å². The summed E-state index contributed by atoms with van der Waals surface area (Å²) in [5.41, 5.74) is 2.30. The normalized spacial score (nSPS) is 22.2. The van der Waals surface area contributed by atoms with Gasteiger partial charge in [-0.2, -0.15) is 0 Å². The monoisotopic (exact) mass is 248 g/mol. The fraction of sp³-hybridized carbons (Fsp3) is 0.467. The maximum absolute atomic E-state index is 5.99. The fourth-order valence-electron chi connectivity index (χ4n) is 2.56. The van der Waals surface area contributed by atoms with E-state index in [1.165, 1.54) is 5.56 Å². The van der Waals surface area contributed by atoms with E-state index in [-0.39, 0.29) is 12.2 Å². The summed E-state index contributed by atoms with van der Waals surface area (Å²) < 4.78 is 16.9. The summed E-state index contributed by atoms with van der Waals surface area (Å²) in [6, 6.07) is 3.90. The van der Waals surface area contributed by atoms with Gasteiger partial charge in [-0.25, -0.2) is 0 Å².